The van der Waals surface area contributed by atoms with Gasteiger partial charge in [-0.25, -0.2) is 31.5 Å². The van der Waals surface area contributed by atoms with Crippen LogP contribution in [0.4, 0.5) is 22.0 Å². The van der Waals surface area contributed by atoms with Gasteiger partial charge < -0.3 is 4.90 Å². The number of rotatable bonds is 5. The van der Waals surface area contributed by atoms with E-state index in [4.69, 9.17) is 11.6 Å². The highest BCUT2D eigenvalue weighted by atomic mass is 35.5. The fourth-order valence-corrected chi connectivity index (χ4v) is 3.78. The molecule has 0 N–H and O–H groups in total. The van der Waals surface area contributed by atoms with Crippen LogP contribution in [0.25, 0.3) is 5.65 Å². The lowest BCUT2D eigenvalue weighted by atomic mass is 10.2. The predicted octanol–water partition coefficient (Wildman–Crippen LogP) is 4.36. The summed E-state index contributed by atoms with van der Waals surface area (Å²) in [7, 11) is 0. The van der Waals surface area contributed by atoms with Gasteiger partial charge in [0, 0.05) is 43.8 Å². The topological polar surface area (TPSA) is 53.7 Å². The third kappa shape index (κ3) is 4.53. The van der Waals surface area contributed by atoms with Gasteiger partial charge in [0.2, 0.25) is 0 Å². The summed E-state index contributed by atoms with van der Waals surface area (Å²) in [5.41, 5.74) is -1.20. The van der Waals surface area contributed by atoms with Crippen molar-refractivity contribution in [2.75, 3.05) is 26.2 Å². The normalized spacial score (nSPS) is 15.3. The average Bonchev–Trinajstić information content (AvgIpc) is 3.19. The molecule has 6 nitrogen and oxygen atoms in total. The maximum Gasteiger partial charge on any atom is 0.280 e. The lowest BCUT2D eigenvalue weighted by molar-refractivity contribution is 0.0621. The Balaban J connectivity index is 1.47. The number of fused-ring (bicyclic) bond motifs is 1. The van der Waals surface area contributed by atoms with E-state index >= 15 is 0 Å². The van der Waals surface area contributed by atoms with Crippen LogP contribution in [0.5, 0.6) is 0 Å². The number of alkyl halides is 4. The van der Waals surface area contributed by atoms with Crippen LogP contribution in [-0.4, -0.2) is 56.5 Å². The Morgan fingerprint density at radius 1 is 1.03 bits per heavy atom. The van der Waals surface area contributed by atoms with E-state index in [0.717, 1.165) is 16.1 Å². The summed E-state index contributed by atoms with van der Waals surface area (Å²) < 4.78 is 66.5. The molecule has 0 spiro atoms. The van der Waals surface area contributed by atoms with Crippen molar-refractivity contribution in [2.45, 2.75) is 19.4 Å². The zero-order valence-electron chi connectivity index (χ0n) is 16.5. The van der Waals surface area contributed by atoms with Gasteiger partial charge in [-0.3, -0.25) is 9.69 Å². The monoisotopic (exact) mass is 473 g/mol. The molecule has 32 heavy (non-hydrogen) atoms. The first-order chi connectivity index (χ1) is 15.2. The molecular formula is C20H17ClF5N5O. The van der Waals surface area contributed by atoms with Crippen LogP contribution in [0.15, 0.2) is 30.3 Å². The molecule has 3 heterocycles. The Labute approximate surface area is 184 Å². The van der Waals surface area contributed by atoms with Gasteiger partial charge in [0.05, 0.1) is 0 Å². The Bertz CT molecular complexity index is 1150. The van der Waals surface area contributed by atoms with Crippen LogP contribution < -0.4 is 0 Å². The molecule has 4 rings (SSSR count). The number of nitrogens with zero attached hydrogens (tertiary/aromatic N) is 5. The van der Waals surface area contributed by atoms with E-state index in [2.05, 4.69) is 10.1 Å². The molecule has 0 atom stereocenters. The Hall–Kier alpha value is -2.79. The lowest BCUT2D eigenvalue weighted by Crippen LogP contribution is -2.48. The minimum atomic E-state index is -3.07. The van der Waals surface area contributed by atoms with Crippen molar-refractivity contribution in [2.24, 2.45) is 0 Å². The molecule has 0 aliphatic carbocycles. The second kappa shape index (κ2) is 8.99. The molecule has 170 valence electrons. The zero-order chi connectivity index (χ0) is 23.0. The average molecular weight is 474 g/mol. The minimum Gasteiger partial charge on any atom is -0.335 e. The van der Waals surface area contributed by atoms with Gasteiger partial charge in [-0.05, 0) is 23.8 Å². The van der Waals surface area contributed by atoms with Crippen molar-refractivity contribution >= 4 is 23.2 Å². The lowest BCUT2D eigenvalue weighted by Gasteiger charge is -2.34. The quantitative estimate of drug-likeness (QED) is 0.517. The van der Waals surface area contributed by atoms with Crippen LogP contribution >= 0.6 is 11.6 Å². The summed E-state index contributed by atoms with van der Waals surface area (Å²) in [6.07, 6.45) is -6.10. The standard InChI is InChI=1S/C20H17ClF5N5O/c21-13-7-12(22)2-1-11(13)10-29-3-5-30(6-4-29)20(32)15-9-17-27-14(18(23)24)8-16(19(25)26)31(17)28-15/h1-2,7-9,18-19H,3-6,10H2. The van der Waals surface area contributed by atoms with Gasteiger partial charge in [0.25, 0.3) is 18.8 Å². The maximum atomic E-state index is 13.3. The van der Waals surface area contributed by atoms with E-state index < -0.39 is 36.0 Å². The molecule has 0 bridgehead atoms. The fraction of sp³-hybridized carbons (Fsp3) is 0.350. The van der Waals surface area contributed by atoms with E-state index in [9.17, 15) is 26.7 Å². The SMILES string of the molecule is O=C(c1cc2nc(C(F)F)cc(C(F)F)n2n1)N1CCN(Cc2ccc(F)cc2Cl)CC1. The molecule has 1 fully saturated rings. The molecule has 0 unspecified atom stereocenters. The predicted molar refractivity (Wildman–Crippen MR) is 105 cm³/mol. The van der Waals surface area contributed by atoms with E-state index in [0.29, 0.717) is 43.8 Å². The summed E-state index contributed by atoms with van der Waals surface area (Å²) >= 11 is 6.06. The smallest absolute Gasteiger partial charge is 0.280 e. The fourth-order valence-electron chi connectivity index (χ4n) is 3.55. The summed E-state index contributed by atoms with van der Waals surface area (Å²) in [4.78, 5) is 20.0. The third-order valence-corrected chi connectivity index (χ3v) is 5.56. The van der Waals surface area contributed by atoms with Gasteiger partial charge >= 0.3 is 0 Å². The van der Waals surface area contributed by atoms with Gasteiger partial charge in [-0.1, -0.05) is 17.7 Å². The van der Waals surface area contributed by atoms with Crippen LogP contribution in [-0.2, 0) is 6.54 Å². The van der Waals surface area contributed by atoms with Crippen LogP contribution in [0, 0.1) is 5.82 Å². The van der Waals surface area contributed by atoms with Crippen LogP contribution in [0.1, 0.15) is 40.3 Å². The van der Waals surface area contributed by atoms with E-state index in [-0.39, 0.29) is 11.3 Å². The number of carbonyl (C=O) groups excluding carboxylic acids is 1. The first-order valence-electron chi connectivity index (χ1n) is 9.65. The van der Waals surface area contributed by atoms with Crippen LogP contribution in [0.3, 0.4) is 0 Å². The summed E-state index contributed by atoms with van der Waals surface area (Å²) in [5.74, 6) is -0.930. The largest absolute Gasteiger partial charge is 0.335 e. The molecule has 1 aliphatic heterocycles. The molecule has 1 saturated heterocycles. The van der Waals surface area contributed by atoms with E-state index in [1.165, 1.54) is 17.0 Å². The van der Waals surface area contributed by atoms with Crippen molar-refractivity contribution in [3.05, 3.63) is 63.8 Å². The van der Waals surface area contributed by atoms with E-state index in [1.807, 2.05) is 4.90 Å². The molecule has 1 aromatic carbocycles. The molecule has 0 saturated carbocycles. The van der Waals surface area contributed by atoms with Gasteiger partial charge in [-0.2, -0.15) is 5.10 Å². The number of aromatic nitrogens is 3. The number of amides is 1. The first-order valence-corrected chi connectivity index (χ1v) is 10.0. The third-order valence-electron chi connectivity index (χ3n) is 5.21. The second-order valence-corrected chi connectivity index (χ2v) is 7.72. The molecule has 1 aliphatic rings. The van der Waals surface area contributed by atoms with E-state index in [1.54, 1.807) is 6.07 Å². The van der Waals surface area contributed by atoms with Crippen molar-refractivity contribution in [1.82, 2.24) is 24.4 Å². The van der Waals surface area contributed by atoms with Crippen molar-refractivity contribution in [1.29, 1.82) is 0 Å². The number of halogens is 6. The molecule has 3 aromatic rings. The number of piperazine rings is 1. The maximum absolute atomic E-state index is 13.3. The highest BCUT2D eigenvalue weighted by molar-refractivity contribution is 6.31. The number of carbonyl (C=O) groups is 1. The van der Waals surface area contributed by atoms with Crippen LogP contribution in [0.2, 0.25) is 5.02 Å². The highest BCUT2D eigenvalue weighted by Gasteiger charge is 2.27. The summed E-state index contributed by atoms with van der Waals surface area (Å²) in [6, 6.07) is 5.88. The molecule has 2 aromatic heterocycles. The Morgan fingerprint density at radius 2 is 1.75 bits per heavy atom. The Kier molecular flexibility index (Phi) is 6.29. The number of hydrogen-bond donors (Lipinski definition) is 0. The molecule has 0 radical (unpaired) electrons. The Morgan fingerprint density at radius 3 is 2.38 bits per heavy atom. The first kappa shape index (κ1) is 22.4. The number of hydrogen-bond acceptors (Lipinski definition) is 4. The van der Waals surface area contributed by atoms with Crippen molar-refractivity contribution in [3.63, 3.8) is 0 Å². The van der Waals surface area contributed by atoms with Gasteiger partial charge in [-0.15, -0.1) is 0 Å². The summed E-state index contributed by atoms with van der Waals surface area (Å²) in [5, 5.41) is 4.21. The molecular weight excluding hydrogens is 457 g/mol. The molecule has 1 amide bonds. The van der Waals surface area contributed by atoms with Crippen molar-refractivity contribution in [3.8, 4) is 0 Å². The number of benzene rings is 1. The van der Waals surface area contributed by atoms with Crippen molar-refractivity contribution < 1.29 is 26.7 Å². The highest BCUT2D eigenvalue weighted by Crippen LogP contribution is 2.26. The van der Waals surface area contributed by atoms with Gasteiger partial charge in [0.1, 0.15) is 17.2 Å². The zero-order valence-corrected chi connectivity index (χ0v) is 17.2. The molecule has 12 heteroatoms. The second-order valence-electron chi connectivity index (χ2n) is 7.31. The van der Waals surface area contributed by atoms with Gasteiger partial charge in [0.15, 0.2) is 11.3 Å². The minimum absolute atomic E-state index is 0.152. The summed E-state index contributed by atoms with van der Waals surface area (Å²) in [6.45, 7) is 2.16.